The maximum atomic E-state index is 9.33. The van der Waals surface area contributed by atoms with E-state index in [1.807, 2.05) is 49.4 Å². The molecule has 1 aromatic heterocycles. The van der Waals surface area contributed by atoms with Crippen LogP contribution in [-0.2, 0) is 6.42 Å². The molecule has 0 bridgehead atoms. The van der Waals surface area contributed by atoms with Gasteiger partial charge < -0.3 is 14.9 Å². The Hall–Kier alpha value is -2.37. The molecule has 0 aliphatic rings. The van der Waals surface area contributed by atoms with Crippen molar-refractivity contribution in [1.82, 2.24) is 9.55 Å². The van der Waals surface area contributed by atoms with Crippen LogP contribution in [0, 0.1) is 6.92 Å². The molecule has 0 saturated carbocycles. The molecule has 120 valence electrons. The van der Waals surface area contributed by atoms with Gasteiger partial charge in [-0.15, -0.1) is 0 Å². The average molecular weight is 312 g/mol. The molecule has 2 aromatic carbocycles. The van der Waals surface area contributed by atoms with Gasteiger partial charge in [-0.2, -0.15) is 0 Å². The Balaban J connectivity index is 2.07. The number of para-hydroxylation sites is 1. The lowest BCUT2D eigenvalue weighted by Gasteiger charge is -2.10. The molecule has 23 heavy (non-hydrogen) atoms. The molecule has 0 atom stereocenters. The number of aryl methyl sites for hydroxylation is 1. The van der Waals surface area contributed by atoms with E-state index in [1.165, 1.54) is 0 Å². The van der Waals surface area contributed by atoms with Crippen LogP contribution in [0.5, 0.6) is 5.75 Å². The van der Waals surface area contributed by atoms with Crippen LogP contribution >= 0.6 is 0 Å². The number of nitrogens with zero attached hydrogens (tertiary/aromatic N) is 2. The highest BCUT2D eigenvalue weighted by atomic mass is 16.5. The molecule has 5 heteroatoms. The Bertz CT molecular complexity index is 794. The minimum Gasteiger partial charge on any atom is -0.491 e. The van der Waals surface area contributed by atoms with E-state index in [4.69, 9.17) is 9.84 Å². The maximum absolute atomic E-state index is 9.33. The summed E-state index contributed by atoms with van der Waals surface area (Å²) in [7, 11) is 0. The fraction of sp³-hybridized carbons (Fsp3) is 0.278. The molecule has 0 radical (unpaired) electrons. The summed E-state index contributed by atoms with van der Waals surface area (Å²) in [4.78, 5) is 4.69. The number of hydrogen-bond acceptors (Lipinski definition) is 4. The van der Waals surface area contributed by atoms with Crippen molar-refractivity contribution in [3.05, 3.63) is 53.9 Å². The van der Waals surface area contributed by atoms with Gasteiger partial charge in [-0.1, -0.05) is 12.1 Å². The Morgan fingerprint density at radius 3 is 2.52 bits per heavy atom. The normalized spacial score (nSPS) is 11.1. The number of fused-ring (bicyclic) bond motifs is 1. The van der Waals surface area contributed by atoms with Crippen LogP contribution < -0.4 is 4.74 Å². The first-order chi connectivity index (χ1) is 11.2. The second kappa shape index (κ2) is 6.81. The summed E-state index contributed by atoms with van der Waals surface area (Å²) in [6.07, 6.45) is 0.497. The van der Waals surface area contributed by atoms with E-state index >= 15 is 0 Å². The molecule has 0 fully saturated rings. The standard InChI is InChI=1S/C18H20N2O3/c1-13-3-2-4-16-18(13)19-17(9-10-21)20(16)14-5-7-15(8-6-14)23-12-11-22/h2-8,21-22H,9-12H2,1H3. The summed E-state index contributed by atoms with van der Waals surface area (Å²) in [6.45, 7) is 2.37. The van der Waals surface area contributed by atoms with Crippen molar-refractivity contribution in [2.45, 2.75) is 13.3 Å². The Labute approximate surface area is 134 Å². The molecule has 3 aromatic rings. The third kappa shape index (κ3) is 3.06. The van der Waals surface area contributed by atoms with Crippen LogP contribution in [-0.4, -0.2) is 39.6 Å². The molecule has 0 unspecified atom stereocenters. The van der Waals surface area contributed by atoms with Gasteiger partial charge in [-0.05, 0) is 42.8 Å². The van der Waals surface area contributed by atoms with Crippen LogP contribution in [0.15, 0.2) is 42.5 Å². The van der Waals surface area contributed by atoms with Gasteiger partial charge in [0.05, 0.1) is 24.2 Å². The van der Waals surface area contributed by atoms with Crippen molar-refractivity contribution in [2.24, 2.45) is 0 Å². The average Bonchev–Trinajstić information content (AvgIpc) is 2.93. The Morgan fingerprint density at radius 1 is 1.04 bits per heavy atom. The topological polar surface area (TPSA) is 67.5 Å². The fourth-order valence-electron chi connectivity index (χ4n) is 2.70. The molecule has 1 heterocycles. The predicted molar refractivity (Wildman–Crippen MR) is 89.2 cm³/mol. The largest absolute Gasteiger partial charge is 0.491 e. The van der Waals surface area contributed by atoms with Gasteiger partial charge in [-0.25, -0.2) is 4.98 Å². The minimum absolute atomic E-state index is 0.00612. The van der Waals surface area contributed by atoms with Crippen molar-refractivity contribution >= 4 is 11.0 Å². The second-order valence-corrected chi connectivity index (χ2v) is 5.35. The summed E-state index contributed by atoms with van der Waals surface area (Å²) in [5.41, 5.74) is 4.07. The van der Waals surface area contributed by atoms with E-state index in [1.54, 1.807) is 0 Å². The third-order valence-corrected chi connectivity index (χ3v) is 3.75. The zero-order chi connectivity index (χ0) is 16.2. The molecule has 3 rings (SSSR count). The SMILES string of the molecule is Cc1cccc2c1nc(CCO)n2-c1ccc(OCCO)cc1. The number of ether oxygens (including phenoxy) is 1. The molecule has 5 nitrogen and oxygen atoms in total. The second-order valence-electron chi connectivity index (χ2n) is 5.35. The van der Waals surface area contributed by atoms with Crippen molar-refractivity contribution in [3.8, 4) is 11.4 Å². The van der Waals surface area contributed by atoms with E-state index in [9.17, 15) is 5.11 Å². The number of aromatic nitrogens is 2. The Kier molecular flexibility index (Phi) is 4.60. The van der Waals surface area contributed by atoms with Gasteiger partial charge >= 0.3 is 0 Å². The Morgan fingerprint density at radius 2 is 1.83 bits per heavy atom. The monoisotopic (exact) mass is 312 g/mol. The molecule has 0 saturated heterocycles. The number of rotatable bonds is 6. The van der Waals surface area contributed by atoms with Crippen molar-refractivity contribution in [1.29, 1.82) is 0 Å². The smallest absolute Gasteiger partial charge is 0.119 e. The van der Waals surface area contributed by atoms with Gasteiger partial charge in [0.2, 0.25) is 0 Å². The van der Waals surface area contributed by atoms with Gasteiger partial charge in [0, 0.05) is 12.1 Å². The number of imidazole rings is 1. The van der Waals surface area contributed by atoms with Crippen LogP contribution in [0.1, 0.15) is 11.4 Å². The van der Waals surface area contributed by atoms with Gasteiger partial charge in [-0.3, -0.25) is 4.57 Å². The lowest BCUT2D eigenvalue weighted by atomic mass is 10.2. The molecular formula is C18H20N2O3. The first-order valence-corrected chi connectivity index (χ1v) is 7.66. The number of hydrogen-bond donors (Lipinski definition) is 2. The number of benzene rings is 2. The van der Waals surface area contributed by atoms with Crippen molar-refractivity contribution in [3.63, 3.8) is 0 Å². The van der Waals surface area contributed by atoms with E-state index in [2.05, 4.69) is 9.55 Å². The van der Waals surface area contributed by atoms with Crippen LogP contribution in [0.4, 0.5) is 0 Å². The van der Waals surface area contributed by atoms with Gasteiger partial charge in [0.25, 0.3) is 0 Å². The summed E-state index contributed by atoms with van der Waals surface area (Å²) in [5, 5.41) is 18.1. The molecular weight excluding hydrogens is 292 g/mol. The summed E-state index contributed by atoms with van der Waals surface area (Å²) >= 11 is 0. The zero-order valence-corrected chi connectivity index (χ0v) is 13.1. The van der Waals surface area contributed by atoms with Gasteiger partial charge in [0.15, 0.2) is 0 Å². The zero-order valence-electron chi connectivity index (χ0n) is 13.1. The molecule has 2 N–H and O–H groups in total. The fourth-order valence-corrected chi connectivity index (χ4v) is 2.70. The van der Waals surface area contributed by atoms with Crippen molar-refractivity contribution < 1.29 is 14.9 Å². The highest BCUT2D eigenvalue weighted by molar-refractivity contribution is 5.81. The summed E-state index contributed by atoms with van der Waals surface area (Å²) in [5.74, 6) is 1.55. The maximum Gasteiger partial charge on any atom is 0.119 e. The third-order valence-electron chi connectivity index (χ3n) is 3.75. The van der Waals surface area contributed by atoms with Gasteiger partial charge in [0.1, 0.15) is 18.2 Å². The van der Waals surface area contributed by atoms with E-state index in [-0.39, 0.29) is 19.8 Å². The molecule has 0 spiro atoms. The first-order valence-electron chi connectivity index (χ1n) is 7.66. The highest BCUT2D eigenvalue weighted by Crippen LogP contribution is 2.25. The molecule has 0 aliphatic heterocycles. The van der Waals surface area contributed by atoms with Crippen LogP contribution in [0.25, 0.3) is 16.7 Å². The quantitative estimate of drug-likeness (QED) is 0.732. The molecule has 0 aliphatic carbocycles. The van der Waals surface area contributed by atoms with E-state index < -0.39 is 0 Å². The minimum atomic E-state index is -0.00612. The van der Waals surface area contributed by atoms with Crippen molar-refractivity contribution in [2.75, 3.05) is 19.8 Å². The lowest BCUT2D eigenvalue weighted by molar-refractivity contribution is 0.201. The number of aliphatic hydroxyl groups excluding tert-OH is 2. The molecule has 0 amide bonds. The first kappa shape index (κ1) is 15.5. The summed E-state index contributed by atoms with van der Waals surface area (Å²) in [6, 6.07) is 13.7. The van der Waals surface area contributed by atoms with E-state index in [0.717, 1.165) is 28.1 Å². The lowest BCUT2D eigenvalue weighted by Crippen LogP contribution is -2.04. The highest BCUT2D eigenvalue weighted by Gasteiger charge is 2.13. The predicted octanol–water partition coefficient (Wildman–Crippen LogP) is 2.24. The summed E-state index contributed by atoms with van der Waals surface area (Å²) < 4.78 is 7.46. The van der Waals surface area contributed by atoms with Crippen LogP contribution in [0.2, 0.25) is 0 Å². The van der Waals surface area contributed by atoms with Crippen LogP contribution in [0.3, 0.4) is 0 Å². The van der Waals surface area contributed by atoms with E-state index in [0.29, 0.717) is 12.2 Å². The number of aliphatic hydroxyl groups is 2.